The van der Waals surface area contributed by atoms with E-state index in [1.54, 1.807) is 10.9 Å². The molecule has 0 aliphatic rings. The minimum atomic E-state index is -0.445. The molecule has 0 fully saturated rings. The van der Waals surface area contributed by atoms with Crippen molar-refractivity contribution in [2.45, 2.75) is 19.9 Å². The van der Waals surface area contributed by atoms with E-state index in [0.717, 1.165) is 28.2 Å². The third-order valence-electron chi connectivity index (χ3n) is 4.39. The van der Waals surface area contributed by atoms with Crippen molar-refractivity contribution < 1.29 is 4.79 Å². The highest BCUT2D eigenvalue weighted by atomic mass is 32.1. The van der Waals surface area contributed by atoms with E-state index in [-0.39, 0.29) is 5.91 Å². The van der Waals surface area contributed by atoms with Gasteiger partial charge in [0.05, 0.1) is 11.4 Å². The van der Waals surface area contributed by atoms with Gasteiger partial charge in [-0.15, -0.1) is 11.3 Å². The maximum Gasteiger partial charge on any atom is 0.250 e. The fraction of sp³-hybridized carbons (Fsp3) is 0.143. The topological polar surface area (TPSA) is 72.7 Å². The Morgan fingerprint density at radius 1 is 1.11 bits per heavy atom. The first-order valence-corrected chi connectivity index (χ1v) is 9.78. The van der Waals surface area contributed by atoms with Crippen LogP contribution in [0.15, 0.2) is 66.3 Å². The maximum atomic E-state index is 12.4. The molecule has 1 aromatic carbocycles. The van der Waals surface area contributed by atoms with Crippen LogP contribution in [0.1, 0.15) is 18.7 Å². The Hall–Kier alpha value is -3.32. The predicted molar refractivity (Wildman–Crippen MR) is 111 cm³/mol. The van der Waals surface area contributed by atoms with Gasteiger partial charge in [-0.3, -0.25) is 14.5 Å². The zero-order valence-corrected chi connectivity index (χ0v) is 16.4. The van der Waals surface area contributed by atoms with Crippen molar-refractivity contribution in [3.63, 3.8) is 0 Å². The van der Waals surface area contributed by atoms with E-state index in [0.29, 0.717) is 5.13 Å². The quantitative estimate of drug-likeness (QED) is 0.542. The zero-order valence-electron chi connectivity index (χ0n) is 15.5. The maximum absolute atomic E-state index is 12.4. The van der Waals surface area contributed by atoms with Crippen molar-refractivity contribution in [3.05, 3.63) is 72.0 Å². The van der Waals surface area contributed by atoms with Gasteiger partial charge in [-0.05, 0) is 38.1 Å². The Morgan fingerprint density at radius 2 is 1.89 bits per heavy atom. The van der Waals surface area contributed by atoms with Gasteiger partial charge in [-0.1, -0.05) is 24.3 Å². The minimum Gasteiger partial charge on any atom is -0.300 e. The Morgan fingerprint density at radius 3 is 2.64 bits per heavy atom. The Balaban J connectivity index is 1.56. The zero-order chi connectivity index (χ0) is 19.5. The Kier molecular flexibility index (Phi) is 4.99. The number of benzene rings is 1. The van der Waals surface area contributed by atoms with Crippen LogP contribution in [0.3, 0.4) is 0 Å². The lowest BCUT2D eigenvalue weighted by Crippen LogP contribution is -2.24. The molecule has 0 bridgehead atoms. The molecule has 3 heterocycles. The number of hydrogen-bond donors (Lipinski definition) is 1. The normalized spacial score (nSPS) is 11.9. The first-order chi connectivity index (χ1) is 13.6. The van der Waals surface area contributed by atoms with Crippen molar-refractivity contribution in [2.75, 3.05) is 5.32 Å². The number of carbonyl (C=O) groups is 1. The monoisotopic (exact) mass is 389 g/mol. The summed E-state index contributed by atoms with van der Waals surface area (Å²) in [6, 6.07) is 15.5. The van der Waals surface area contributed by atoms with E-state index in [1.807, 2.05) is 67.9 Å². The van der Waals surface area contributed by atoms with Gasteiger partial charge < -0.3 is 5.32 Å². The predicted octanol–water partition coefficient (Wildman–Crippen LogP) is 4.58. The van der Waals surface area contributed by atoms with E-state index in [2.05, 4.69) is 26.4 Å². The number of aryl methyl sites for hydroxylation is 1. The van der Waals surface area contributed by atoms with Gasteiger partial charge in [0.25, 0.3) is 5.91 Å². The van der Waals surface area contributed by atoms with Gasteiger partial charge >= 0.3 is 0 Å². The van der Waals surface area contributed by atoms with Crippen LogP contribution in [-0.4, -0.2) is 25.7 Å². The lowest BCUT2D eigenvalue weighted by molar-refractivity contribution is -0.119. The number of amides is 1. The van der Waals surface area contributed by atoms with Crippen molar-refractivity contribution in [1.29, 1.82) is 0 Å². The van der Waals surface area contributed by atoms with Crippen LogP contribution in [0.4, 0.5) is 5.13 Å². The molecule has 1 N–H and O–H groups in total. The molecule has 0 unspecified atom stereocenters. The molecule has 3 aromatic heterocycles. The van der Waals surface area contributed by atoms with Gasteiger partial charge in [0.15, 0.2) is 5.13 Å². The number of carbonyl (C=O) groups excluding carboxylic acids is 1. The van der Waals surface area contributed by atoms with Crippen LogP contribution < -0.4 is 5.32 Å². The summed E-state index contributed by atoms with van der Waals surface area (Å²) in [5.74, 6) is -0.151. The molecule has 0 aliphatic carbocycles. The number of anilines is 1. The summed E-state index contributed by atoms with van der Waals surface area (Å²) in [7, 11) is 0. The summed E-state index contributed by atoms with van der Waals surface area (Å²) in [6.45, 7) is 3.79. The molecule has 1 atom stereocenters. The van der Waals surface area contributed by atoms with Crippen molar-refractivity contribution in [2.24, 2.45) is 0 Å². The molecule has 7 heteroatoms. The van der Waals surface area contributed by atoms with Crippen molar-refractivity contribution >= 4 is 22.4 Å². The van der Waals surface area contributed by atoms with Crippen LogP contribution in [0, 0.1) is 6.92 Å². The molecule has 1 amide bonds. The van der Waals surface area contributed by atoms with Crippen molar-refractivity contribution in [1.82, 2.24) is 19.7 Å². The Labute approximate surface area is 166 Å². The summed E-state index contributed by atoms with van der Waals surface area (Å²) in [4.78, 5) is 21.1. The molecule has 28 heavy (non-hydrogen) atoms. The standard InChI is InChI=1S/C21H19N5OS/c1-14-5-3-8-18(23-14)16-6-4-7-17(13-16)19-9-11-26(25-19)15(2)20(27)24-21-22-10-12-28-21/h3-13,15H,1-2H3,(H,22,24,27)/t15-/m0/s1. The molecular formula is C21H19N5OS. The van der Waals surface area contributed by atoms with Crippen molar-refractivity contribution in [3.8, 4) is 22.5 Å². The summed E-state index contributed by atoms with van der Waals surface area (Å²) >= 11 is 1.39. The van der Waals surface area contributed by atoms with Gasteiger partial charge in [0, 0.05) is 34.6 Å². The molecule has 0 spiro atoms. The molecule has 0 aliphatic heterocycles. The van der Waals surface area contributed by atoms with Gasteiger partial charge in [0.1, 0.15) is 6.04 Å². The molecule has 0 saturated carbocycles. The second kappa shape index (κ2) is 7.74. The van der Waals surface area contributed by atoms with E-state index in [1.165, 1.54) is 11.3 Å². The first kappa shape index (κ1) is 18.1. The van der Waals surface area contributed by atoms with E-state index < -0.39 is 6.04 Å². The highest BCUT2D eigenvalue weighted by molar-refractivity contribution is 7.13. The lowest BCUT2D eigenvalue weighted by atomic mass is 10.1. The van der Waals surface area contributed by atoms with Crippen LogP contribution in [0.2, 0.25) is 0 Å². The average Bonchev–Trinajstić information content (AvgIpc) is 3.39. The third-order valence-corrected chi connectivity index (χ3v) is 5.08. The van der Waals surface area contributed by atoms with E-state index in [9.17, 15) is 4.79 Å². The molecule has 4 rings (SSSR count). The number of nitrogens with zero attached hydrogens (tertiary/aromatic N) is 4. The van der Waals surface area contributed by atoms with E-state index in [4.69, 9.17) is 0 Å². The summed E-state index contributed by atoms with van der Waals surface area (Å²) in [5.41, 5.74) is 4.73. The molecule has 6 nitrogen and oxygen atoms in total. The first-order valence-electron chi connectivity index (χ1n) is 8.90. The SMILES string of the molecule is Cc1cccc(-c2cccc(-c3ccn([C@@H](C)C(=O)Nc4nccs4)n3)c2)n1. The Bertz CT molecular complexity index is 1100. The van der Waals surface area contributed by atoms with Crippen LogP contribution in [0.25, 0.3) is 22.5 Å². The number of aromatic nitrogens is 4. The van der Waals surface area contributed by atoms with Gasteiger partial charge in [-0.2, -0.15) is 5.10 Å². The minimum absolute atomic E-state index is 0.151. The fourth-order valence-corrected chi connectivity index (χ4v) is 3.40. The highest BCUT2D eigenvalue weighted by Gasteiger charge is 2.17. The molecule has 0 radical (unpaired) electrons. The second-order valence-corrected chi connectivity index (χ2v) is 7.32. The summed E-state index contributed by atoms with van der Waals surface area (Å²) in [5, 5.41) is 9.81. The molecule has 4 aromatic rings. The van der Waals surface area contributed by atoms with Crippen LogP contribution in [0.5, 0.6) is 0 Å². The largest absolute Gasteiger partial charge is 0.300 e. The second-order valence-electron chi connectivity index (χ2n) is 6.43. The summed E-state index contributed by atoms with van der Waals surface area (Å²) in [6.07, 6.45) is 3.48. The smallest absolute Gasteiger partial charge is 0.250 e. The van der Waals surface area contributed by atoms with Gasteiger partial charge in [0.2, 0.25) is 0 Å². The molecule has 140 valence electrons. The lowest BCUT2D eigenvalue weighted by Gasteiger charge is -2.11. The number of hydrogen-bond acceptors (Lipinski definition) is 5. The molecular weight excluding hydrogens is 370 g/mol. The average molecular weight is 389 g/mol. The number of thiazole rings is 1. The fourth-order valence-electron chi connectivity index (χ4n) is 2.86. The van der Waals surface area contributed by atoms with Crippen LogP contribution in [-0.2, 0) is 4.79 Å². The van der Waals surface area contributed by atoms with E-state index >= 15 is 0 Å². The number of rotatable bonds is 5. The third kappa shape index (κ3) is 3.84. The van der Waals surface area contributed by atoms with Crippen LogP contribution >= 0.6 is 11.3 Å². The number of nitrogens with one attached hydrogen (secondary N) is 1. The number of pyridine rings is 1. The summed E-state index contributed by atoms with van der Waals surface area (Å²) < 4.78 is 1.66. The molecule has 0 saturated heterocycles. The highest BCUT2D eigenvalue weighted by Crippen LogP contribution is 2.25. The van der Waals surface area contributed by atoms with Gasteiger partial charge in [-0.25, -0.2) is 4.98 Å².